The molecule has 1 heterocycles. The first-order valence-electron chi connectivity index (χ1n) is 5.63. The van der Waals surface area contributed by atoms with Crippen LogP contribution >= 0.6 is 0 Å². The molecule has 0 aliphatic carbocycles. The molecule has 1 atom stereocenters. The molecule has 98 valence electrons. The molecule has 6 heteroatoms. The van der Waals surface area contributed by atoms with Gasteiger partial charge in [0.2, 0.25) is 0 Å². The van der Waals surface area contributed by atoms with E-state index in [4.69, 9.17) is 0 Å². The van der Waals surface area contributed by atoms with E-state index in [0.717, 1.165) is 17.7 Å². The van der Waals surface area contributed by atoms with Gasteiger partial charge in [0.05, 0.1) is 5.69 Å². The molecule has 0 aromatic carbocycles. The number of hydrogen-bond donors (Lipinski definition) is 1. The molecule has 3 nitrogen and oxygen atoms in total. The first-order chi connectivity index (χ1) is 7.87. The van der Waals surface area contributed by atoms with Gasteiger partial charge in [-0.2, -0.15) is 18.3 Å². The zero-order valence-corrected chi connectivity index (χ0v) is 10.3. The van der Waals surface area contributed by atoms with Crippen molar-refractivity contribution in [2.45, 2.75) is 38.4 Å². The average Bonchev–Trinajstić information content (AvgIpc) is 2.59. The minimum Gasteiger partial charge on any atom is -0.313 e. The molecule has 0 bridgehead atoms. The summed E-state index contributed by atoms with van der Waals surface area (Å²) < 4.78 is 38.3. The van der Waals surface area contributed by atoms with Gasteiger partial charge in [0.15, 0.2) is 0 Å². The van der Waals surface area contributed by atoms with E-state index in [0.29, 0.717) is 0 Å². The number of hydrogen-bond acceptors (Lipinski definition) is 2. The summed E-state index contributed by atoms with van der Waals surface area (Å²) in [6.45, 7) is 1.95. The van der Waals surface area contributed by atoms with Crippen LogP contribution in [0.2, 0.25) is 0 Å². The highest BCUT2D eigenvalue weighted by Crippen LogP contribution is 2.28. The summed E-state index contributed by atoms with van der Waals surface area (Å²) in [5.74, 6) is 0. The number of aryl methyl sites for hydroxylation is 2. The Morgan fingerprint density at radius 1 is 1.47 bits per heavy atom. The molecular weight excluding hydrogens is 231 g/mol. The van der Waals surface area contributed by atoms with E-state index in [-0.39, 0.29) is 12.5 Å². The fraction of sp³-hybridized carbons (Fsp3) is 0.727. The molecule has 1 N–H and O–H groups in total. The molecular formula is C11H18F3N3. The number of alkyl halides is 3. The molecule has 1 aromatic rings. The van der Waals surface area contributed by atoms with E-state index in [9.17, 15) is 13.2 Å². The monoisotopic (exact) mass is 249 g/mol. The van der Waals surface area contributed by atoms with E-state index in [1.807, 2.05) is 6.92 Å². The highest BCUT2D eigenvalue weighted by Gasteiger charge is 2.29. The van der Waals surface area contributed by atoms with Crippen molar-refractivity contribution in [1.29, 1.82) is 0 Å². The van der Waals surface area contributed by atoms with Gasteiger partial charge in [-0.1, -0.05) is 6.92 Å². The summed E-state index contributed by atoms with van der Waals surface area (Å²) in [5.41, 5.74) is 1.72. The molecule has 0 aliphatic rings. The minimum absolute atomic E-state index is 0.0404. The van der Waals surface area contributed by atoms with Crippen LogP contribution in [-0.4, -0.2) is 23.0 Å². The van der Waals surface area contributed by atoms with Crippen molar-refractivity contribution in [3.63, 3.8) is 0 Å². The highest BCUT2D eigenvalue weighted by atomic mass is 19.4. The average molecular weight is 249 g/mol. The number of nitrogens with zero attached hydrogens (tertiary/aromatic N) is 2. The van der Waals surface area contributed by atoms with Crippen molar-refractivity contribution in [2.75, 3.05) is 7.05 Å². The molecule has 1 rings (SSSR count). The van der Waals surface area contributed by atoms with Gasteiger partial charge in [-0.25, -0.2) is 0 Å². The summed E-state index contributed by atoms with van der Waals surface area (Å²) in [4.78, 5) is 0. The van der Waals surface area contributed by atoms with E-state index in [1.54, 1.807) is 25.0 Å². The number of halogens is 3. The van der Waals surface area contributed by atoms with Gasteiger partial charge in [-0.05, 0) is 19.9 Å². The fourth-order valence-corrected chi connectivity index (χ4v) is 1.88. The van der Waals surface area contributed by atoms with Crippen LogP contribution in [0.1, 0.15) is 37.1 Å². The van der Waals surface area contributed by atoms with Gasteiger partial charge in [-0.15, -0.1) is 0 Å². The van der Waals surface area contributed by atoms with Crippen molar-refractivity contribution in [3.8, 4) is 0 Å². The Balaban J connectivity index is 2.78. The third kappa shape index (κ3) is 4.03. The van der Waals surface area contributed by atoms with Gasteiger partial charge in [0, 0.05) is 31.3 Å². The third-order valence-electron chi connectivity index (χ3n) is 2.71. The molecule has 0 spiro atoms. The Bertz CT molecular complexity index is 357. The van der Waals surface area contributed by atoms with Crippen molar-refractivity contribution in [3.05, 3.63) is 17.5 Å². The lowest BCUT2D eigenvalue weighted by atomic mass is 10.0. The second kappa shape index (κ2) is 5.53. The Labute approximate surface area is 99.0 Å². The van der Waals surface area contributed by atoms with Crippen molar-refractivity contribution in [2.24, 2.45) is 7.05 Å². The number of rotatable bonds is 5. The van der Waals surface area contributed by atoms with Gasteiger partial charge in [-0.3, -0.25) is 4.68 Å². The zero-order valence-electron chi connectivity index (χ0n) is 10.3. The standard InChI is InChI=1S/C11H18F3N3/c1-4-9-8(7-17(3)16-9)10(15-2)5-6-11(12,13)14/h7,10,15H,4-6H2,1-3H3. The minimum atomic E-state index is -4.11. The molecule has 0 saturated heterocycles. The smallest absolute Gasteiger partial charge is 0.313 e. The van der Waals surface area contributed by atoms with Crippen molar-refractivity contribution >= 4 is 0 Å². The van der Waals surface area contributed by atoms with Crippen LogP contribution in [0.25, 0.3) is 0 Å². The lowest BCUT2D eigenvalue weighted by Gasteiger charge is -2.17. The van der Waals surface area contributed by atoms with E-state index in [1.165, 1.54) is 0 Å². The topological polar surface area (TPSA) is 29.9 Å². The lowest BCUT2D eigenvalue weighted by molar-refractivity contribution is -0.136. The van der Waals surface area contributed by atoms with Crippen LogP contribution < -0.4 is 5.32 Å². The fourth-order valence-electron chi connectivity index (χ4n) is 1.88. The highest BCUT2D eigenvalue weighted by molar-refractivity contribution is 5.21. The van der Waals surface area contributed by atoms with Crippen molar-refractivity contribution in [1.82, 2.24) is 15.1 Å². The summed E-state index contributed by atoms with van der Waals surface area (Å²) in [5, 5.41) is 7.16. The molecule has 0 fully saturated rings. The Hall–Kier alpha value is -1.04. The maximum absolute atomic E-state index is 12.2. The van der Waals surface area contributed by atoms with Crippen LogP contribution in [-0.2, 0) is 13.5 Å². The summed E-state index contributed by atoms with van der Waals surface area (Å²) in [6.07, 6.45) is -2.34. The van der Waals surface area contributed by atoms with Gasteiger partial charge < -0.3 is 5.32 Å². The van der Waals surface area contributed by atoms with Crippen molar-refractivity contribution < 1.29 is 13.2 Å². The summed E-state index contributed by atoms with van der Waals surface area (Å²) >= 11 is 0. The maximum atomic E-state index is 12.2. The summed E-state index contributed by atoms with van der Waals surface area (Å²) in [7, 11) is 3.45. The number of aromatic nitrogens is 2. The second-order valence-corrected chi connectivity index (χ2v) is 4.05. The van der Waals surface area contributed by atoms with Gasteiger partial charge >= 0.3 is 6.18 Å². The molecule has 0 saturated carbocycles. The predicted octanol–water partition coefficient (Wildman–Crippen LogP) is 2.59. The molecule has 0 aliphatic heterocycles. The number of nitrogens with one attached hydrogen (secondary N) is 1. The van der Waals surface area contributed by atoms with Crippen LogP contribution in [0.4, 0.5) is 13.2 Å². The van der Waals surface area contributed by atoms with Crippen LogP contribution in [0.5, 0.6) is 0 Å². The normalized spacial score (nSPS) is 14.0. The third-order valence-corrected chi connectivity index (χ3v) is 2.71. The lowest BCUT2D eigenvalue weighted by Crippen LogP contribution is -2.20. The predicted molar refractivity (Wildman–Crippen MR) is 59.7 cm³/mol. The maximum Gasteiger partial charge on any atom is 0.389 e. The Kier molecular flexibility index (Phi) is 4.56. The first-order valence-corrected chi connectivity index (χ1v) is 5.63. The SMILES string of the molecule is CCc1nn(C)cc1C(CCC(F)(F)F)NC. The van der Waals surface area contributed by atoms with Crippen LogP contribution in [0, 0.1) is 0 Å². The second-order valence-electron chi connectivity index (χ2n) is 4.05. The van der Waals surface area contributed by atoms with Gasteiger partial charge in [0.25, 0.3) is 0 Å². The molecule has 1 unspecified atom stereocenters. The van der Waals surface area contributed by atoms with Crippen LogP contribution in [0.15, 0.2) is 6.20 Å². The largest absolute Gasteiger partial charge is 0.389 e. The van der Waals surface area contributed by atoms with E-state index >= 15 is 0 Å². The van der Waals surface area contributed by atoms with E-state index < -0.39 is 12.6 Å². The van der Waals surface area contributed by atoms with Crippen LogP contribution in [0.3, 0.4) is 0 Å². The molecule has 1 aromatic heterocycles. The molecule has 17 heavy (non-hydrogen) atoms. The Morgan fingerprint density at radius 3 is 2.59 bits per heavy atom. The van der Waals surface area contributed by atoms with E-state index in [2.05, 4.69) is 10.4 Å². The molecule has 0 amide bonds. The summed E-state index contributed by atoms with van der Waals surface area (Å²) in [6, 6.07) is -0.291. The zero-order chi connectivity index (χ0) is 13.1. The first kappa shape index (κ1) is 14.0. The quantitative estimate of drug-likeness (QED) is 0.869. The van der Waals surface area contributed by atoms with Gasteiger partial charge in [0.1, 0.15) is 0 Å². The Morgan fingerprint density at radius 2 is 2.12 bits per heavy atom. The molecule has 0 radical (unpaired) electrons.